The summed E-state index contributed by atoms with van der Waals surface area (Å²) >= 11 is 0. The van der Waals surface area contributed by atoms with Gasteiger partial charge in [0.25, 0.3) is 11.8 Å². The summed E-state index contributed by atoms with van der Waals surface area (Å²) in [6.45, 7) is 2.11. The molecule has 0 radical (unpaired) electrons. The molecule has 0 bridgehead atoms. The number of carbonyl (C=O) groups excluding carboxylic acids is 3. The predicted octanol–water partition coefficient (Wildman–Crippen LogP) is 4.98. The number of rotatable bonds is 14. The Hall–Kier alpha value is -5.73. The standard InChI is InChI=1S/C48H52N4O9/c1-56-42-21-36-38(49-25-33-19-31-10-4-6-12-40(31)51(33)47(36)54)23-44(42)60-27-29-16-30(18-35(17-29)59-15-9-8-14-46(53)58-3)28-61-45-24-39-37(22-43(45)57-2)48(55)52-34(26-50-39)20-32-11-5-7-13-41(32)52/h4-7,10-13,16-18,21-24,33-34,42-45,49-50H,8-9,14-15,19-20,25-28H2,1-3H3/t33-,34-,42?,43?,44?,45?/m0/s1. The second-order valence-corrected chi connectivity index (χ2v) is 16.2. The summed E-state index contributed by atoms with van der Waals surface area (Å²) in [5, 5.41) is 7.07. The number of hydrogen-bond donors (Lipinski definition) is 2. The lowest BCUT2D eigenvalue weighted by Gasteiger charge is -2.29. The highest BCUT2D eigenvalue weighted by Gasteiger charge is 2.42. The van der Waals surface area contributed by atoms with Crippen molar-refractivity contribution in [1.29, 1.82) is 0 Å². The van der Waals surface area contributed by atoms with Gasteiger partial charge in [0.2, 0.25) is 0 Å². The Morgan fingerprint density at radius 3 is 1.66 bits per heavy atom. The van der Waals surface area contributed by atoms with Crippen LogP contribution >= 0.6 is 0 Å². The van der Waals surface area contributed by atoms with E-state index in [1.165, 1.54) is 18.2 Å². The Kier molecular flexibility index (Phi) is 11.8. The van der Waals surface area contributed by atoms with Gasteiger partial charge in [-0.3, -0.25) is 14.4 Å². The third-order valence-electron chi connectivity index (χ3n) is 12.4. The quantitative estimate of drug-likeness (QED) is 0.168. The van der Waals surface area contributed by atoms with E-state index in [9.17, 15) is 14.4 Å². The summed E-state index contributed by atoms with van der Waals surface area (Å²) in [6, 6.07) is 22.1. The van der Waals surface area contributed by atoms with Gasteiger partial charge in [-0.05, 0) is 96.5 Å². The number of nitrogens with zero attached hydrogens (tertiary/aromatic N) is 2. The molecule has 2 saturated heterocycles. The molecule has 2 fully saturated rings. The molecule has 2 N–H and O–H groups in total. The van der Waals surface area contributed by atoms with Crippen LogP contribution in [0.5, 0.6) is 5.75 Å². The SMILES string of the molecule is COC(=O)CCCCOc1cc(COC2C=C3NC[C@@H]4Cc5ccccc5N4C(=O)C3=CC2OC)cc(COC2C=C3NC[C@@H]4Cc5ccccc5N4C(=O)C3=CC2OC)c1. The minimum Gasteiger partial charge on any atom is -0.494 e. The highest BCUT2D eigenvalue weighted by molar-refractivity contribution is 6.11. The van der Waals surface area contributed by atoms with Gasteiger partial charge in [0.05, 0.1) is 50.2 Å². The first-order chi connectivity index (χ1) is 29.8. The van der Waals surface area contributed by atoms with Crippen LogP contribution in [0.15, 0.2) is 114 Å². The molecule has 61 heavy (non-hydrogen) atoms. The minimum atomic E-state index is -0.491. The number of nitrogens with one attached hydrogen (secondary N) is 2. The van der Waals surface area contributed by atoms with Gasteiger partial charge in [-0.15, -0.1) is 0 Å². The minimum absolute atomic E-state index is 0.0188. The second kappa shape index (κ2) is 17.7. The maximum Gasteiger partial charge on any atom is 0.305 e. The van der Waals surface area contributed by atoms with Crippen LogP contribution in [0.2, 0.25) is 0 Å². The largest absolute Gasteiger partial charge is 0.494 e. The van der Waals surface area contributed by atoms with E-state index in [1.54, 1.807) is 14.2 Å². The zero-order valence-corrected chi connectivity index (χ0v) is 34.8. The summed E-state index contributed by atoms with van der Waals surface area (Å²) in [5.41, 5.74) is 8.64. The summed E-state index contributed by atoms with van der Waals surface area (Å²) in [7, 11) is 4.64. The number of esters is 1. The van der Waals surface area contributed by atoms with E-state index in [2.05, 4.69) is 22.8 Å². The molecule has 2 amide bonds. The fourth-order valence-corrected chi connectivity index (χ4v) is 9.31. The fraction of sp³-hybridized carbons (Fsp3) is 0.396. The number of fused-ring (bicyclic) bond motifs is 8. The van der Waals surface area contributed by atoms with E-state index in [4.69, 9.17) is 28.4 Å². The van der Waals surface area contributed by atoms with Crippen molar-refractivity contribution in [2.45, 2.75) is 81.8 Å². The Labute approximate surface area is 355 Å². The number of amides is 2. The topological polar surface area (TPSA) is 137 Å². The maximum atomic E-state index is 14.0. The van der Waals surface area contributed by atoms with Gasteiger partial charge in [0.15, 0.2) is 0 Å². The van der Waals surface area contributed by atoms with E-state index in [0.717, 1.165) is 46.7 Å². The van der Waals surface area contributed by atoms with Crippen molar-refractivity contribution in [1.82, 2.24) is 10.6 Å². The van der Waals surface area contributed by atoms with Crippen molar-refractivity contribution in [3.05, 3.63) is 136 Å². The maximum absolute atomic E-state index is 14.0. The second-order valence-electron chi connectivity index (χ2n) is 16.2. The van der Waals surface area contributed by atoms with Crippen LogP contribution in [0.4, 0.5) is 11.4 Å². The molecule has 4 unspecified atom stereocenters. The third kappa shape index (κ3) is 8.22. The summed E-state index contributed by atoms with van der Waals surface area (Å²) < 4.78 is 35.9. The van der Waals surface area contributed by atoms with E-state index >= 15 is 0 Å². The Balaban J connectivity index is 0.905. The molecule has 6 aliphatic rings. The van der Waals surface area contributed by atoms with Crippen molar-refractivity contribution in [2.75, 3.05) is 50.8 Å². The first kappa shape index (κ1) is 40.7. The van der Waals surface area contributed by atoms with Crippen LogP contribution < -0.4 is 25.2 Å². The van der Waals surface area contributed by atoms with Crippen LogP contribution in [0.1, 0.15) is 41.5 Å². The molecule has 13 nitrogen and oxygen atoms in total. The predicted molar refractivity (Wildman–Crippen MR) is 228 cm³/mol. The molecule has 6 atom stereocenters. The van der Waals surface area contributed by atoms with Gasteiger partial charge in [-0.25, -0.2) is 0 Å². The molecule has 318 valence electrons. The molecule has 2 aliphatic carbocycles. The highest BCUT2D eigenvalue weighted by Crippen LogP contribution is 2.39. The van der Waals surface area contributed by atoms with Crippen LogP contribution in [0.3, 0.4) is 0 Å². The number of anilines is 2. The van der Waals surface area contributed by atoms with E-state index in [-0.39, 0.29) is 43.1 Å². The number of para-hydroxylation sites is 2. The first-order valence-corrected chi connectivity index (χ1v) is 21.1. The average Bonchev–Trinajstić information content (AvgIpc) is 3.78. The van der Waals surface area contributed by atoms with E-state index in [1.807, 2.05) is 88.7 Å². The number of carbonyl (C=O) groups is 3. The van der Waals surface area contributed by atoms with Gasteiger partial charge >= 0.3 is 5.97 Å². The van der Waals surface area contributed by atoms with Crippen molar-refractivity contribution in [2.24, 2.45) is 0 Å². The lowest BCUT2D eigenvalue weighted by atomic mass is 9.97. The summed E-state index contributed by atoms with van der Waals surface area (Å²) in [5.74, 6) is 0.309. The van der Waals surface area contributed by atoms with Crippen molar-refractivity contribution in [3.63, 3.8) is 0 Å². The van der Waals surface area contributed by atoms with E-state index < -0.39 is 24.4 Å². The molecular formula is C48H52N4O9. The Morgan fingerprint density at radius 1 is 0.656 bits per heavy atom. The number of hydrogen-bond acceptors (Lipinski definition) is 11. The molecule has 0 saturated carbocycles. The zero-order chi connectivity index (χ0) is 42.0. The van der Waals surface area contributed by atoms with Gasteiger partial charge < -0.3 is 48.9 Å². The molecule has 0 aromatic heterocycles. The molecule has 3 aromatic rings. The fourth-order valence-electron chi connectivity index (χ4n) is 9.31. The first-order valence-electron chi connectivity index (χ1n) is 21.1. The molecule has 4 aliphatic heterocycles. The lowest BCUT2D eigenvalue weighted by molar-refractivity contribution is -0.140. The number of methoxy groups -OCH3 is 3. The normalized spacial score (nSPS) is 24.8. The van der Waals surface area contributed by atoms with Crippen molar-refractivity contribution in [3.8, 4) is 5.75 Å². The summed E-state index contributed by atoms with van der Waals surface area (Å²) in [6.07, 6.45) is 8.97. The van der Waals surface area contributed by atoms with Crippen LogP contribution in [0.25, 0.3) is 0 Å². The van der Waals surface area contributed by atoms with Crippen LogP contribution in [-0.2, 0) is 64.1 Å². The molecule has 9 rings (SSSR count). The molecule has 3 aromatic carbocycles. The molecular weight excluding hydrogens is 777 g/mol. The molecule has 4 heterocycles. The highest BCUT2D eigenvalue weighted by atomic mass is 16.5. The zero-order valence-electron chi connectivity index (χ0n) is 34.8. The summed E-state index contributed by atoms with van der Waals surface area (Å²) in [4.78, 5) is 43.5. The van der Waals surface area contributed by atoms with Gasteiger partial charge in [0, 0.05) is 56.5 Å². The van der Waals surface area contributed by atoms with Crippen LogP contribution in [0, 0.1) is 0 Å². The number of benzene rings is 3. The molecule has 13 heteroatoms. The van der Waals surface area contributed by atoms with E-state index in [0.29, 0.717) is 55.9 Å². The van der Waals surface area contributed by atoms with Gasteiger partial charge in [-0.1, -0.05) is 42.5 Å². The van der Waals surface area contributed by atoms with Crippen molar-refractivity contribution < 1.29 is 42.8 Å². The van der Waals surface area contributed by atoms with Gasteiger partial charge in [0.1, 0.15) is 30.2 Å². The van der Waals surface area contributed by atoms with Crippen molar-refractivity contribution >= 4 is 29.2 Å². The average molecular weight is 829 g/mol. The number of ether oxygens (including phenoxy) is 6. The third-order valence-corrected chi connectivity index (χ3v) is 12.4. The molecule has 0 spiro atoms. The Bertz CT molecular complexity index is 2170. The monoisotopic (exact) mass is 828 g/mol. The van der Waals surface area contributed by atoms with Gasteiger partial charge in [-0.2, -0.15) is 0 Å². The smallest absolute Gasteiger partial charge is 0.305 e. The number of unbranched alkanes of at least 4 members (excludes halogenated alkanes) is 1. The van der Waals surface area contributed by atoms with Crippen LogP contribution in [-0.4, -0.2) is 95.3 Å². The lowest BCUT2D eigenvalue weighted by Crippen LogP contribution is -2.40. The Morgan fingerprint density at radius 2 is 1.16 bits per heavy atom.